The van der Waals surface area contributed by atoms with Crippen LogP contribution in [0.5, 0.6) is 5.75 Å². The lowest BCUT2D eigenvalue weighted by atomic mass is 10.1. The van der Waals surface area contributed by atoms with E-state index in [4.69, 9.17) is 16.3 Å². The third kappa shape index (κ3) is 4.96. The van der Waals surface area contributed by atoms with E-state index in [1.165, 1.54) is 0 Å². The highest BCUT2D eigenvalue weighted by atomic mass is 35.5. The fourth-order valence-electron chi connectivity index (χ4n) is 3.37. The monoisotopic (exact) mass is 410 g/mol. The second-order valence-corrected chi connectivity index (χ2v) is 7.39. The number of rotatable bonds is 6. The molecular formula is C22H23ClN4O2. The molecule has 0 bridgehead atoms. The van der Waals surface area contributed by atoms with Crippen molar-refractivity contribution in [3.8, 4) is 11.4 Å². The van der Waals surface area contributed by atoms with Crippen LogP contribution in [0, 0.1) is 0 Å². The van der Waals surface area contributed by atoms with Gasteiger partial charge in [0.25, 0.3) is 5.91 Å². The highest BCUT2D eigenvalue weighted by Crippen LogP contribution is 2.16. The summed E-state index contributed by atoms with van der Waals surface area (Å²) < 4.78 is 7.68. The lowest BCUT2D eigenvalue weighted by Crippen LogP contribution is -2.49. The standard InChI is InChI=1S/C22H23ClN4O2/c23-19-3-7-21(8-4-19)29-16-15-25-11-13-26(14-12-25)22(28)18-1-5-20(6-2-18)27-10-9-24-17-27/h1-10,17H,11-16H2. The summed E-state index contributed by atoms with van der Waals surface area (Å²) in [5.74, 6) is 0.904. The van der Waals surface area contributed by atoms with Gasteiger partial charge in [0.15, 0.2) is 0 Å². The number of piperazine rings is 1. The minimum absolute atomic E-state index is 0.0826. The molecule has 2 aromatic carbocycles. The van der Waals surface area contributed by atoms with E-state index >= 15 is 0 Å². The lowest BCUT2D eigenvalue weighted by molar-refractivity contribution is 0.0620. The maximum Gasteiger partial charge on any atom is 0.253 e. The van der Waals surface area contributed by atoms with Crippen LogP contribution in [0.4, 0.5) is 0 Å². The van der Waals surface area contributed by atoms with Crippen LogP contribution in [0.1, 0.15) is 10.4 Å². The Labute approximate surface area is 175 Å². The summed E-state index contributed by atoms with van der Waals surface area (Å²) in [5, 5.41) is 0.703. The van der Waals surface area contributed by atoms with Gasteiger partial charge >= 0.3 is 0 Å². The van der Waals surface area contributed by atoms with Crippen molar-refractivity contribution in [3.63, 3.8) is 0 Å². The number of halogens is 1. The number of aromatic nitrogens is 2. The molecule has 1 fully saturated rings. The summed E-state index contributed by atoms with van der Waals surface area (Å²) in [6.07, 6.45) is 5.36. The maximum absolute atomic E-state index is 12.8. The van der Waals surface area contributed by atoms with Crippen LogP contribution in [0.25, 0.3) is 5.69 Å². The molecular weight excluding hydrogens is 388 g/mol. The SMILES string of the molecule is O=C(c1ccc(-n2ccnc2)cc1)N1CCN(CCOc2ccc(Cl)cc2)CC1. The molecule has 6 nitrogen and oxygen atoms in total. The molecule has 0 aliphatic carbocycles. The van der Waals surface area contributed by atoms with Crippen molar-refractivity contribution in [2.24, 2.45) is 0 Å². The molecule has 1 amide bonds. The van der Waals surface area contributed by atoms with Crippen molar-refractivity contribution < 1.29 is 9.53 Å². The van der Waals surface area contributed by atoms with Crippen LogP contribution in [0.2, 0.25) is 5.02 Å². The summed E-state index contributed by atoms with van der Waals surface area (Å²) in [6.45, 7) is 4.60. The van der Waals surface area contributed by atoms with Gasteiger partial charge in [-0.25, -0.2) is 4.98 Å². The van der Waals surface area contributed by atoms with Gasteiger partial charge in [0.1, 0.15) is 12.4 Å². The predicted octanol–water partition coefficient (Wildman–Crippen LogP) is 3.36. The summed E-state index contributed by atoms with van der Waals surface area (Å²) in [7, 11) is 0. The summed E-state index contributed by atoms with van der Waals surface area (Å²) in [4.78, 5) is 21.1. The number of amides is 1. The van der Waals surface area contributed by atoms with E-state index in [2.05, 4.69) is 9.88 Å². The Morgan fingerprint density at radius 2 is 1.72 bits per heavy atom. The molecule has 3 aromatic rings. The quantitative estimate of drug-likeness (QED) is 0.625. The van der Waals surface area contributed by atoms with Crippen LogP contribution in [-0.4, -0.2) is 64.6 Å². The minimum atomic E-state index is 0.0826. The second-order valence-electron chi connectivity index (χ2n) is 6.95. The fraction of sp³-hybridized carbons (Fsp3) is 0.273. The number of ether oxygens (including phenoxy) is 1. The highest BCUT2D eigenvalue weighted by molar-refractivity contribution is 6.30. The molecule has 1 aromatic heterocycles. The van der Waals surface area contributed by atoms with Crippen molar-refractivity contribution in [3.05, 3.63) is 77.8 Å². The Bertz CT molecular complexity index is 918. The lowest BCUT2D eigenvalue weighted by Gasteiger charge is -2.34. The van der Waals surface area contributed by atoms with Crippen molar-refractivity contribution in [1.29, 1.82) is 0 Å². The average molecular weight is 411 g/mol. The molecule has 4 rings (SSSR count). The Kier molecular flexibility index (Phi) is 6.12. The second kappa shape index (κ2) is 9.11. The molecule has 150 valence electrons. The molecule has 7 heteroatoms. The van der Waals surface area contributed by atoms with E-state index in [-0.39, 0.29) is 5.91 Å². The Hall–Kier alpha value is -2.83. The van der Waals surface area contributed by atoms with Gasteiger partial charge < -0.3 is 14.2 Å². The van der Waals surface area contributed by atoms with E-state index in [0.29, 0.717) is 17.2 Å². The van der Waals surface area contributed by atoms with Gasteiger partial charge in [0, 0.05) is 61.4 Å². The summed E-state index contributed by atoms with van der Waals surface area (Å²) >= 11 is 5.88. The summed E-state index contributed by atoms with van der Waals surface area (Å²) in [6, 6.07) is 15.0. The van der Waals surface area contributed by atoms with Crippen LogP contribution in [0.3, 0.4) is 0 Å². The molecule has 0 unspecified atom stereocenters. The van der Waals surface area contributed by atoms with Crippen molar-refractivity contribution in [2.45, 2.75) is 0 Å². The first-order valence-corrected chi connectivity index (χ1v) is 10.1. The fourth-order valence-corrected chi connectivity index (χ4v) is 3.49. The topological polar surface area (TPSA) is 50.6 Å². The number of hydrogen-bond acceptors (Lipinski definition) is 4. The summed E-state index contributed by atoms with van der Waals surface area (Å²) in [5.41, 5.74) is 1.71. The van der Waals surface area contributed by atoms with Crippen LogP contribution < -0.4 is 4.74 Å². The van der Waals surface area contributed by atoms with Crippen LogP contribution >= 0.6 is 11.6 Å². The van der Waals surface area contributed by atoms with Gasteiger partial charge in [-0.05, 0) is 48.5 Å². The zero-order chi connectivity index (χ0) is 20.1. The number of carbonyl (C=O) groups excluding carboxylic acids is 1. The van der Waals surface area contributed by atoms with Gasteiger partial charge in [-0.15, -0.1) is 0 Å². The molecule has 1 aliphatic heterocycles. The first-order chi connectivity index (χ1) is 14.2. The first-order valence-electron chi connectivity index (χ1n) is 9.67. The Morgan fingerprint density at radius 1 is 1.00 bits per heavy atom. The molecule has 0 N–H and O–H groups in total. The molecule has 0 radical (unpaired) electrons. The molecule has 0 atom stereocenters. The smallest absolute Gasteiger partial charge is 0.253 e. The van der Waals surface area contributed by atoms with Gasteiger partial charge in [0.05, 0.1) is 6.33 Å². The number of hydrogen-bond donors (Lipinski definition) is 0. The van der Waals surface area contributed by atoms with Crippen LogP contribution in [0.15, 0.2) is 67.3 Å². The van der Waals surface area contributed by atoms with Crippen LogP contribution in [-0.2, 0) is 0 Å². The maximum atomic E-state index is 12.8. The number of benzene rings is 2. The van der Waals surface area contributed by atoms with Crippen molar-refractivity contribution in [2.75, 3.05) is 39.3 Å². The minimum Gasteiger partial charge on any atom is -0.492 e. The van der Waals surface area contributed by atoms with Gasteiger partial charge in [0.2, 0.25) is 0 Å². The van der Waals surface area contributed by atoms with E-state index < -0.39 is 0 Å². The zero-order valence-corrected chi connectivity index (χ0v) is 16.8. The molecule has 1 saturated heterocycles. The van der Waals surface area contributed by atoms with Gasteiger partial charge in [-0.1, -0.05) is 11.6 Å². The van der Waals surface area contributed by atoms with Crippen molar-refractivity contribution >= 4 is 17.5 Å². The third-order valence-corrected chi connectivity index (χ3v) is 5.32. The highest BCUT2D eigenvalue weighted by Gasteiger charge is 2.22. The normalized spacial score (nSPS) is 14.7. The number of carbonyl (C=O) groups is 1. The Balaban J connectivity index is 1.23. The van der Waals surface area contributed by atoms with Gasteiger partial charge in [-0.3, -0.25) is 9.69 Å². The average Bonchev–Trinajstić information content (AvgIpc) is 3.30. The third-order valence-electron chi connectivity index (χ3n) is 5.07. The molecule has 1 aliphatic rings. The number of imidazole rings is 1. The van der Waals surface area contributed by atoms with E-state index in [9.17, 15) is 4.79 Å². The van der Waals surface area contributed by atoms with E-state index in [0.717, 1.165) is 44.2 Å². The predicted molar refractivity (Wildman–Crippen MR) is 113 cm³/mol. The van der Waals surface area contributed by atoms with Gasteiger partial charge in [-0.2, -0.15) is 0 Å². The van der Waals surface area contributed by atoms with E-state index in [1.54, 1.807) is 12.5 Å². The van der Waals surface area contributed by atoms with E-state index in [1.807, 2.05) is 64.2 Å². The number of nitrogens with zero attached hydrogens (tertiary/aromatic N) is 4. The molecule has 2 heterocycles. The first kappa shape index (κ1) is 19.5. The Morgan fingerprint density at radius 3 is 2.38 bits per heavy atom. The zero-order valence-electron chi connectivity index (χ0n) is 16.1. The van der Waals surface area contributed by atoms with Crippen molar-refractivity contribution in [1.82, 2.24) is 19.4 Å². The molecule has 0 spiro atoms. The molecule has 0 saturated carbocycles. The molecule has 29 heavy (non-hydrogen) atoms. The largest absolute Gasteiger partial charge is 0.492 e.